The molecular weight excluding hydrogens is 214 g/mol. The number of hydrogen-bond donors (Lipinski definition) is 2. The molecule has 2 unspecified atom stereocenters. The monoisotopic (exact) mass is 241 g/mol. The van der Waals surface area contributed by atoms with E-state index in [-0.39, 0.29) is 0 Å². The molecule has 0 aromatic carbocycles. The fraction of sp³-hybridized carbons (Fsp3) is 0.923. The van der Waals surface area contributed by atoms with Crippen LogP contribution in [0.1, 0.15) is 52.4 Å². The van der Waals surface area contributed by atoms with Crippen LogP contribution in [0.25, 0.3) is 0 Å². The van der Waals surface area contributed by atoms with E-state index < -0.39 is 11.4 Å². The molecule has 1 heterocycles. The molecule has 2 atom stereocenters. The summed E-state index contributed by atoms with van der Waals surface area (Å²) in [5, 5.41) is 0. The molecule has 1 saturated heterocycles. The van der Waals surface area contributed by atoms with Crippen LogP contribution in [0, 0.1) is 0 Å². The Bertz CT molecular complexity index is 245. The highest BCUT2D eigenvalue weighted by molar-refractivity contribution is 5.83. The Balaban J connectivity index is 2.49. The minimum atomic E-state index is -0.887. The van der Waals surface area contributed by atoms with Crippen LogP contribution in [0.5, 0.6) is 0 Å². The van der Waals surface area contributed by atoms with Crippen molar-refractivity contribution in [1.29, 1.82) is 0 Å². The van der Waals surface area contributed by atoms with E-state index >= 15 is 0 Å². The van der Waals surface area contributed by atoms with Crippen molar-refractivity contribution in [2.45, 2.75) is 64.0 Å². The van der Waals surface area contributed by atoms with Gasteiger partial charge in [-0.3, -0.25) is 4.79 Å². The smallest absolute Gasteiger partial charge is 0.237 e. The average molecular weight is 241 g/mol. The number of amides is 1. The Morgan fingerprint density at radius 1 is 1.24 bits per heavy atom. The molecule has 1 rings (SSSR count). The van der Waals surface area contributed by atoms with E-state index in [1.807, 2.05) is 0 Å². The molecule has 1 aliphatic heterocycles. The van der Waals surface area contributed by atoms with E-state index in [2.05, 4.69) is 11.8 Å². The van der Waals surface area contributed by atoms with Crippen LogP contribution in [-0.2, 0) is 4.79 Å². The summed E-state index contributed by atoms with van der Waals surface area (Å²) in [7, 11) is 0. The molecule has 0 aromatic rings. The second-order valence-electron chi connectivity index (χ2n) is 5.64. The first kappa shape index (κ1) is 14.5. The Morgan fingerprint density at radius 3 is 2.18 bits per heavy atom. The van der Waals surface area contributed by atoms with Crippen molar-refractivity contribution in [3.63, 3.8) is 0 Å². The first-order valence-corrected chi connectivity index (χ1v) is 6.76. The molecular formula is C13H27N3O. The summed E-state index contributed by atoms with van der Waals surface area (Å²) in [4.78, 5) is 13.7. The third-order valence-corrected chi connectivity index (χ3v) is 3.80. The predicted octanol–water partition coefficient (Wildman–Crippen LogP) is 1.23. The lowest BCUT2D eigenvalue weighted by Crippen LogP contribution is -2.53. The van der Waals surface area contributed by atoms with Crippen molar-refractivity contribution in [2.75, 3.05) is 13.1 Å². The van der Waals surface area contributed by atoms with Crippen molar-refractivity contribution < 1.29 is 4.79 Å². The molecule has 100 valence electrons. The lowest BCUT2D eigenvalue weighted by atomic mass is 9.93. The van der Waals surface area contributed by atoms with Gasteiger partial charge in [0, 0.05) is 6.04 Å². The molecule has 0 radical (unpaired) electrons. The van der Waals surface area contributed by atoms with Gasteiger partial charge in [0.1, 0.15) is 0 Å². The largest absolute Gasteiger partial charge is 0.368 e. The van der Waals surface area contributed by atoms with Gasteiger partial charge in [0.15, 0.2) is 0 Å². The van der Waals surface area contributed by atoms with Gasteiger partial charge >= 0.3 is 0 Å². The van der Waals surface area contributed by atoms with Crippen LogP contribution in [0.3, 0.4) is 0 Å². The number of likely N-dealkylation sites (tertiary alicyclic amines) is 1. The van der Waals surface area contributed by atoms with Crippen molar-refractivity contribution in [2.24, 2.45) is 11.5 Å². The summed E-state index contributed by atoms with van der Waals surface area (Å²) < 4.78 is 0. The zero-order valence-electron chi connectivity index (χ0n) is 11.2. The van der Waals surface area contributed by atoms with Gasteiger partial charge in [-0.15, -0.1) is 0 Å². The van der Waals surface area contributed by atoms with Gasteiger partial charge in [0.25, 0.3) is 0 Å². The summed E-state index contributed by atoms with van der Waals surface area (Å²) in [5.41, 5.74) is 10.4. The van der Waals surface area contributed by atoms with Crippen molar-refractivity contribution in [3.8, 4) is 0 Å². The normalized spacial score (nSPS) is 24.4. The van der Waals surface area contributed by atoms with Gasteiger partial charge in [0.2, 0.25) is 5.91 Å². The van der Waals surface area contributed by atoms with Gasteiger partial charge in [-0.05, 0) is 46.2 Å². The third kappa shape index (κ3) is 4.64. The minimum Gasteiger partial charge on any atom is -0.368 e. The number of hydrogen-bond acceptors (Lipinski definition) is 3. The Morgan fingerprint density at radius 2 is 1.71 bits per heavy atom. The number of nitrogens with two attached hydrogens (primary N) is 2. The summed E-state index contributed by atoms with van der Waals surface area (Å²) in [6.45, 7) is 6.12. The van der Waals surface area contributed by atoms with Gasteiger partial charge in [-0.25, -0.2) is 0 Å². The van der Waals surface area contributed by atoms with E-state index in [9.17, 15) is 4.79 Å². The number of nitrogens with zero attached hydrogens (tertiary/aromatic N) is 1. The van der Waals surface area contributed by atoms with Crippen LogP contribution >= 0.6 is 0 Å². The summed E-state index contributed by atoms with van der Waals surface area (Å²) in [6, 6.07) is 0.329. The van der Waals surface area contributed by atoms with Crippen LogP contribution in [0.2, 0.25) is 0 Å². The molecule has 1 amide bonds. The second-order valence-corrected chi connectivity index (χ2v) is 5.64. The number of carbonyl (C=O) groups excluding carboxylic acids is 1. The van der Waals surface area contributed by atoms with Gasteiger partial charge in [-0.2, -0.15) is 0 Å². The van der Waals surface area contributed by atoms with Crippen LogP contribution in [0.4, 0.5) is 0 Å². The Kier molecular flexibility index (Phi) is 5.40. The highest BCUT2D eigenvalue weighted by Crippen LogP contribution is 2.18. The Hall–Kier alpha value is -0.610. The average Bonchev–Trinajstić information content (AvgIpc) is 2.15. The van der Waals surface area contributed by atoms with Crippen molar-refractivity contribution in [1.82, 2.24) is 4.90 Å². The lowest BCUT2D eigenvalue weighted by Gasteiger charge is -2.34. The van der Waals surface area contributed by atoms with Crippen LogP contribution in [-0.4, -0.2) is 35.5 Å². The lowest BCUT2D eigenvalue weighted by molar-refractivity contribution is -0.123. The minimum absolute atomic E-state index is 0.329. The molecule has 1 fully saturated rings. The quantitative estimate of drug-likeness (QED) is 0.777. The zero-order valence-corrected chi connectivity index (χ0v) is 11.2. The SMILES string of the molecule is CC(CC(C)(N)C(N)=O)N1CCCCCCC1. The molecule has 0 bridgehead atoms. The predicted molar refractivity (Wildman–Crippen MR) is 70.5 cm³/mol. The zero-order chi connectivity index (χ0) is 12.9. The molecule has 4 nitrogen and oxygen atoms in total. The molecule has 17 heavy (non-hydrogen) atoms. The third-order valence-electron chi connectivity index (χ3n) is 3.80. The number of rotatable bonds is 4. The molecule has 0 spiro atoms. The van der Waals surface area contributed by atoms with E-state index in [4.69, 9.17) is 11.5 Å². The summed E-state index contributed by atoms with van der Waals surface area (Å²) in [5.74, 6) is -0.406. The maximum Gasteiger partial charge on any atom is 0.237 e. The van der Waals surface area contributed by atoms with Crippen molar-refractivity contribution in [3.05, 3.63) is 0 Å². The Labute approximate surface area is 105 Å². The second kappa shape index (κ2) is 6.36. The van der Waals surface area contributed by atoms with Crippen LogP contribution < -0.4 is 11.5 Å². The highest BCUT2D eigenvalue weighted by atomic mass is 16.1. The molecule has 4 heteroatoms. The first-order valence-electron chi connectivity index (χ1n) is 6.76. The fourth-order valence-electron chi connectivity index (χ4n) is 2.56. The van der Waals surface area contributed by atoms with E-state index in [1.165, 1.54) is 32.1 Å². The molecule has 0 aromatic heterocycles. The summed E-state index contributed by atoms with van der Waals surface area (Å²) in [6.07, 6.45) is 7.14. The molecule has 0 aliphatic carbocycles. The van der Waals surface area contributed by atoms with E-state index in [0.717, 1.165) is 13.1 Å². The standard InChI is InChI=1S/C13H27N3O/c1-11(10-13(2,15)12(14)17)16-8-6-4-3-5-7-9-16/h11H,3-10,15H2,1-2H3,(H2,14,17). The van der Waals surface area contributed by atoms with Crippen molar-refractivity contribution >= 4 is 5.91 Å². The first-order chi connectivity index (χ1) is 7.93. The highest BCUT2D eigenvalue weighted by Gasteiger charge is 2.30. The number of carbonyl (C=O) groups is 1. The molecule has 1 aliphatic rings. The molecule has 0 saturated carbocycles. The maximum atomic E-state index is 11.2. The van der Waals surface area contributed by atoms with Gasteiger partial charge in [0.05, 0.1) is 5.54 Å². The summed E-state index contributed by atoms with van der Waals surface area (Å²) >= 11 is 0. The van der Waals surface area contributed by atoms with E-state index in [1.54, 1.807) is 6.92 Å². The fourth-order valence-corrected chi connectivity index (χ4v) is 2.56. The van der Waals surface area contributed by atoms with E-state index in [0.29, 0.717) is 12.5 Å². The van der Waals surface area contributed by atoms with Gasteiger partial charge < -0.3 is 16.4 Å². The van der Waals surface area contributed by atoms with Crippen LogP contribution in [0.15, 0.2) is 0 Å². The maximum absolute atomic E-state index is 11.2. The van der Waals surface area contributed by atoms with Gasteiger partial charge in [-0.1, -0.05) is 19.3 Å². The topological polar surface area (TPSA) is 72.3 Å². The number of primary amides is 1. The molecule has 4 N–H and O–H groups in total.